The molecule has 6 fully saturated rings. The first-order valence-corrected chi connectivity index (χ1v) is 16.6. The van der Waals surface area contributed by atoms with E-state index in [1.54, 1.807) is 20.8 Å². The van der Waals surface area contributed by atoms with Crippen molar-refractivity contribution < 1.29 is 75.1 Å². The summed E-state index contributed by atoms with van der Waals surface area (Å²) in [6, 6.07) is 0. The normalized spacial score (nSPS) is 57.4. The van der Waals surface area contributed by atoms with Crippen LogP contribution in [0.5, 0.6) is 0 Å². The van der Waals surface area contributed by atoms with Crippen LogP contribution in [0.25, 0.3) is 0 Å². The van der Waals surface area contributed by atoms with Crippen LogP contribution < -0.4 is 0 Å². The minimum Gasteiger partial charge on any atom is -0.394 e. The SMILES string of the molecule is C=C1[C@@H]2CC[C@@H]3[C@@H](O)[C@@]2(C[C@@H](O[C@H]2O[C@H](CO)[C@@H](O[C@H]4O[C@H](CO)[C@@H](O)[C@H](O)[C@H]4O)[C@H](O)[C@H]2O)[C@@]2(O)[C@H]1C[C@H](O)C2(C)C)C[C@@]3(C)O. The fourth-order valence-electron chi connectivity index (χ4n) is 10.2. The Labute approximate surface area is 273 Å². The van der Waals surface area contributed by atoms with Crippen molar-refractivity contribution >= 4 is 0 Å². The Kier molecular flexibility index (Phi) is 9.28. The molecule has 15 heteroatoms. The van der Waals surface area contributed by atoms with E-state index in [-0.39, 0.29) is 25.2 Å². The summed E-state index contributed by atoms with van der Waals surface area (Å²) in [5.41, 5.74) is -4.48. The monoisotopic (exact) mass is 676 g/mol. The van der Waals surface area contributed by atoms with Gasteiger partial charge in [-0.05, 0) is 44.9 Å². The Hall–Kier alpha value is -0.860. The third-order valence-corrected chi connectivity index (χ3v) is 13.0. The van der Waals surface area contributed by atoms with E-state index in [0.717, 1.165) is 0 Å². The first kappa shape index (κ1) is 35.9. The van der Waals surface area contributed by atoms with Crippen molar-refractivity contribution in [2.24, 2.45) is 28.6 Å². The van der Waals surface area contributed by atoms with E-state index in [1.165, 1.54) is 0 Å². The summed E-state index contributed by atoms with van der Waals surface area (Å²) in [6.07, 6.45) is -18.2. The molecule has 19 atom stereocenters. The first-order chi connectivity index (χ1) is 21.9. The lowest BCUT2D eigenvalue weighted by atomic mass is 9.61. The predicted octanol–water partition coefficient (Wildman–Crippen LogP) is -3.38. The zero-order valence-corrected chi connectivity index (χ0v) is 26.9. The molecule has 11 N–H and O–H groups in total. The molecule has 0 unspecified atom stereocenters. The highest BCUT2D eigenvalue weighted by molar-refractivity contribution is 5.32. The number of fused-ring (bicyclic) bond motifs is 2. The van der Waals surface area contributed by atoms with Gasteiger partial charge < -0.3 is 75.1 Å². The zero-order chi connectivity index (χ0) is 34.6. The van der Waals surface area contributed by atoms with Crippen LogP contribution in [0.2, 0.25) is 0 Å². The van der Waals surface area contributed by atoms with E-state index in [9.17, 15) is 56.2 Å². The smallest absolute Gasteiger partial charge is 0.187 e. The Morgan fingerprint density at radius 3 is 2.00 bits per heavy atom. The lowest BCUT2D eigenvalue weighted by Crippen LogP contribution is -2.66. The number of aliphatic hydroxyl groups excluding tert-OH is 9. The predicted molar refractivity (Wildman–Crippen MR) is 158 cm³/mol. The summed E-state index contributed by atoms with van der Waals surface area (Å²) in [5, 5.41) is 120. The van der Waals surface area contributed by atoms with Gasteiger partial charge in [0.2, 0.25) is 0 Å². The maximum absolute atomic E-state index is 12.7. The third kappa shape index (κ3) is 5.12. The Bertz CT molecular complexity index is 1180. The highest BCUT2D eigenvalue weighted by Gasteiger charge is 2.73. The number of hydrogen-bond donors (Lipinski definition) is 11. The molecule has 2 bridgehead atoms. The first-order valence-electron chi connectivity index (χ1n) is 16.6. The number of aliphatic hydroxyl groups is 11. The summed E-state index contributed by atoms with van der Waals surface area (Å²) in [6.45, 7) is 7.98. The molecule has 270 valence electrons. The van der Waals surface area contributed by atoms with Crippen molar-refractivity contribution in [3.63, 3.8) is 0 Å². The Balaban J connectivity index is 1.31. The molecule has 0 radical (unpaired) electrons. The van der Waals surface area contributed by atoms with Gasteiger partial charge in [-0.1, -0.05) is 26.0 Å². The van der Waals surface area contributed by atoms with E-state index in [2.05, 4.69) is 6.58 Å². The van der Waals surface area contributed by atoms with Gasteiger partial charge in [-0.25, -0.2) is 0 Å². The van der Waals surface area contributed by atoms with E-state index >= 15 is 0 Å². The van der Waals surface area contributed by atoms with Crippen LogP contribution in [-0.2, 0) is 18.9 Å². The lowest BCUT2D eigenvalue weighted by molar-refractivity contribution is -0.370. The molecule has 4 saturated carbocycles. The van der Waals surface area contributed by atoms with E-state index < -0.39 is 127 Å². The molecule has 15 nitrogen and oxygen atoms in total. The molecule has 6 rings (SSSR count). The van der Waals surface area contributed by atoms with Crippen molar-refractivity contribution in [3.8, 4) is 0 Å². The molecule has 2 aliphatic heterocycles. The zero-order valence-electron chi connectivity index (χ0n) is 26.9. The van der Waals surface area contributed by atoms with Gasteiger partial charge in [0.05, 0.1) is 37.1 Å². The summed E-state index contributed by atoms with van der Waals surface area (Å²) in [7, 11) is 0. The number of hydrogen-bond acceptors (Lipinski definition) is 15. The van der Waals surface area contributed by atoms with Crippen molar-refractivity contribution in [1.29, 1.82) is 0 Å². The summed E-state index contributed by atoms with van der Waals surface area (Å²) in [5.74, 6) is -1.41. The van der Waals surface area contributed by atoms with Gasteiger partial charge in [0, 0.05) is 22.7 Å². The van der Waals surface area contributed by atoms with Crippen molar-refractivity contribution in [2.45, 2.75) is 144 Å². The molecule has 0 aromatic carbocycles. The quantitative estimate of drug-likeness (QED) is 0.123. The second-order valence-electron chi connectivity index (χ2n) is 15.7. The van der Waals surface area contributed by atoms with Crippen LogP contribution in [0, 0.1) is 28.6 Å². The fourth-order valence-corrected chi connectivity index (χ4v) is 10.2. The largest absolute Gasteiger partial charge is 0.394 e. The van der Waals surface area contributed by atoms with Crippen LogP contribution >= 0.6 is 0 Å². The second-order valence-corrected chi connectivity index (χ2v) is 15.7. The molecular weight excluding hydrogens is 624 g/mol. The minimum absolute atomic E-state index is 0.00488. The average molecular weight is 677 g/mol. The Morgan fingerprint density at radius 2 is 1.36 bits per heavy atom. The van der Waals surface area contributed by atoms with Crippen LogP contribution in [0.15, 0.2) is 12.2 Å². The van der Waals surface area contributed by atoms with Gasteiger partial charge in [-0.3, -0.25) is 0 Å². The Morgan fingerprint density at radius 1 is 0.766 bits per heavy atom. The fraction of sp³-hybridized carbons (Fsp3) is 0.938. The molecule has 2 heterocycles. The van der Waals surface area contributed by atoms with Gasteiger partial charge >= 0.3 is 0 Å². The number of rotatable bonds is 6. The topological polar surface area (TPSA) is 259 Å². The van der Waals surface area contributed by atoms with Crippen LogP contribution in [-0.4, -0.2) is 160 Å². The second kappa shape index (κ2) is 12.1. The molecule has 4 aliphatic carbocycles. The molecular formula is C32H52O15. The van der Waals surface area contributed by atoms with E-state index in [0.29, 0.717) is 18.4 Å². The number of ether oxygens (including phenoxy) is 4. The van der Waals surface area contributed by atoms with E-state index in [4.69, 9.17) is 18.9 Å². The van der Waals surface area contributed by atoms with Gasteiger partial charge in [-0.2, -0.15) is 0 Å². The summed E-state index contributed by atoms with van der Waals surface area (Å²) < 4.78 is 23.4. The maximum atomic E-state index is 12.7. The molecule has 1 spiro atoms. The van der Waals surface area contributed by atoms with Gasteiger partial charge in [-0.15, -0.1) is 0 Å². The highest BCUT2D eigenvalue weighted by atomic mass is 16.7. The van der Waals surface area contributed by atoms with Gasteiger partial charge in [0.15, 0.2) is 12.6 Å². The average Bonchev–Trinajstić information content (AvgIpc) is 3.22. The van der Waals surface area contributed by atoms with E-state index in [1.807, 2.05) is 0 Å². The minimum atomic E-state index is -1.86. The van der Waals surface area contributed by atoms with Crippen LogP contribution in [0.3, 0.4) is 0 Å². The molecule has 0 aromatic heterocycles. The van der Waals surface area contributed by atoms with Gasteiger partial charge in [0.25, 0.3) is 0 Å². The molecule has 0 aromatic rings. The molecule has 2 saturated heterocycles. The van der Waals surface area contributed by atoms with Crippen molar-refractivity contribution in [2.75, 3.05) is 13.2 Å². The standard InChI is InChI=1S/C32H52O15/c1-12-13-5-6-14-26(41)31(13,11-30(14,4)42)8-19(32(43)15(12)7-18(35)29(32,2)3)46-27-24(40)22(38)25(17(10-34)45-27)47-28-23(39)21(37)20(36)16(9-33)44-28/h13-28,33-43H,1,5-11H2,2-4H3/t13-,14+,15-,16+,17+,18-,19+,20+,21-,22+,23+,24+,25+,26+,27+,28+,30+,31-,32-/m0/s1. The van der Waals surface area contributed by atoms with Crippen molar-refractivity contribution in [3.05, 3.63) is 12.2 Å². The molecule has 0 amide bonds. The van der Waals surface area contributed by atoms with Crippen LogP contribution in [0.1, 0.15) is 52.9 Å². The summed E-state index contributed by atoms with van der Waals surface area (Å²) >= 11 is 0. The molecule has 6 aliphatic rings. The third-order valence-electron chi connectivity index (χ3n) is 13.0. The summed E-state index contributed by atoms with van der Waals surface area (Å²) in [4.78, 5) is 0. The lowest BCUT2D eigenvalue weighted by Gasteiger charge is -2.50. The van der Waals surface area contributed by atoms with Gasteiger partial charge in [0.1, 0.15) is 54.4 Å². The molecule has 47 heavy (non-hydrogen) atoms. The highest BCUT2D eigenvalue weighted by Crippen LogP contribution is 2.69. The van der Waals surface area contributed by atoms with Crippen LogP contribution in [0.4, 0.5) is 0 Å². The maximum Gasteiger partial charge on any atom is 0.187 e. The van der Waals surface area contributed by atoms with Crippen molar-refractivity contribution in [1.82, 2.24) is 0 Å².